The molecule has 1 aliphatic heterocycles. The maximum absolute atomic E-state index is 12.4. The number of H-pyrrole nitrogens is 1. The van der Waals surface area contributed by atoms with Crippen molar-refractivity contribution in [1.82, 2.24) is 14.6 Å². The fraction of sp³-hybridized carbons (Fsp3) is 0.294. The molecule has 0 aliphatic carbocycles. The van der Waals surface area contributed by atoms with E-state index >= 15 is 0 Å². The number of primary amides is 1. The normalized spacial score (nSPS) is 20.0. The van der Waals surface area contributed by atoms with E-state index in [1.807, 2.05) is 30.3 Å². The second-order valence-electron chi connectivity index (χ2n) is 6.42. The minimum absolute atomic E-state index is 0.00885. The van der Waals surface area contributed by atoms with Gasteiger partial charge in [-0.15, -0.1) is 0 Å². The zero-order valence-electron chi connectivity index (χ0n) is 14.5. The fourth-order valence-electron chi connectivity index (χ4n) is 3.11. The molecule has 1 aliphatic rings. The maximum atomic E-state index is 12.4. The Morgan fingerprint density at radius 3 is 2.56 bits per heavy atom. The van der Waals surface area contributed by atoms with Crippen molar-refractivity contribution in [3.8, 4) is 0 Å². The van der Waals surface area contributed by atoms with Gasteiger partial charge in [-0.2, -0.15) is 0 Å². The number of carbonyl (C=O) groups excluding carboxylic acids is 2. The Morgan fingerprint density at radius 2 is 1.93 bits per heavy atom. The summed E-state index contributed by atoms with van der Waals surface area (Å²) in [5.41, 5.74) is 12.3. The number of aromatic amines is 1. The summed E-state index contributed by atoms with van der Waals surface area (Å²) in [6.45, 7) is 0.394. The number of rotatable bonds is 6. The smallest absolute Gasteiger partial charge is 0.265 e. The van der Waals surface area contributed by atoms with Gasteiger partial charge in [0.15, 0.2) is 0 Å². The quantitative estimate of drug-likeness (QED) is 0.515. The molecule has 1 fully saturated rings. The fourth-order valence-corrected chi connectivity index (χ4v) is 4.08. The second-order valence-corrected chi connectivity index (χ2v) is 8.18. The highest BCUT2D eigenvalue weighted by atomic mass is 32.2. The first-order chi connectivity index (χ1) is 12.8. The second kappa shape index (κ2) is 7.51. The van der Waals surface area contributed by atoms with Gasteiger partial charge in [-0.25, -0.2) is 13.1 Å². The Labute approximate surface area is 156 Å². The molecule has 1 aromatic heterocycles. The predicted octanol–water partition coefficient (Wildman–Crippen LogP) is -0.655. The Morgan fingerprint density at radius 1 is 1.22 bits per heavy atom. The van der Waals surface area contributed by atoms with Gasteiger partial charge < -0.3 is 21.4 Å². The van der Waals surface area contributed by atoms with Gasteiger partial charge >= 0.3 is 0 Å². The van der Waals surface area contributed by atoms with Crippen LogP contribution in [-0.2, 0) is 14.8 Å². The van der Waals surface area contributed by atoms with Crippen molar-refractivity contribution in [1.29, 1.82) is 0 Å². The van der Waals surface area contributed by atoms with Crippen LogP contribution in [0.1, 0.15) is 22.0 Å². The molecular formula is C17H21N5O4S. The van der Waals surface area contributed by atoms with E-state index in [1.54, 1.807) is 4.90 Å². The molecule has 144 valence electrons. The topological polar surface area (TPSA) is 151 Å². The van der Waals surface area contributed by atoms with Crippen LogP contribution in [0.15, 0.2) is 47.5 Å². The molecule has 2 heterocycles. The highest BCUT2D eigenvalue weighted by Crippen LogP contribution is 2.26. The van der Waals surface area contributed by atoms with E-state index in [0.717, 1.165) is 17.8 Å². The third kappa shape index (κ3) is 4.18. The molecule has 0 radical (unpaired) electrons. The van der Waals surface area contributed by atoms with E-state index in [2.05, 4.69) is 9.71 Å². The van der Waals surface area contributed by atoms with Crippen LogP contribution < -0.4 is 16.2 Å². The van der Waals surface area contributed by atoms with Gasteiger partial charge in [-0.1, -0.05) is 30.3 Å². The van der Waals surface area contributed by atoms with Crippen LogP contribution in [0.4, 0.5) is 0 Å². The van der Waals surface area contributed by atoms with Gasteiger partial charge in [0.25, 0.3) is 5.91 Å². The summed E-state index contributed by atoms with van der Waals surface area (Å²) in [6, 6.07) is 10.6. The molecule has 3 rings (SSSR count). The van der Waals surface area contributed by atoms with Gasteiger partial charge in [-0.3, -0.25) is 9.59 Å². The summed E-state index contributed by atoms with van der Waals surface area (Å²) in [6.07, 6.45) is 1.14. The van der Waals surface area contributed by atoms with Crippen LogP contribution >= 0.6 is 0 Å². The summed E-state index contributed by atoms with van der Waals surface area (Å²) in [4.78, 5) is 27.4. The van der Waals surface area contributed by atoms with E-state index in [-0.39, 0.29) is 28.5 Å². The van der Waals surface area contributed by atoms with Gasteiger partial charge in [0.2, 0.25) is 15.9 Å². The summed E-state index contributed by atoms with van der Waals surface area (Å²) in [5.74, 6) is -1.13. The van der Waals surface area contributed by atoms with Crippen molar-refractivity contribution in [2.24, 2.45) is 11.5 Å². The Balaban J connectivity index is 1.61. The largest absolute Gasteiger partial charge is 0.364 e. The number of nitrogens with one attached hydrogen (secondary N) is 2. The zero-order valence-corrected chi connectivity index (χ0v) is 15.3. The van der Waals surface area contributed by atoms with E-state index < -0.39 is 22.5 Å². The van der Waals surface area contributed by atoms with Crippen molar-refractivity contribution in [3.63, 3.8) is 0 Å². The van der Waals surface area contributed by atoms with Crippen molar-refractivity contribution < 1.29 is 18.0 Å². The van der Waals surface area contributed by atoms with E-state index in [4.69, 9.17) is 11.5 Å². The Hall–Kier alpha value is -2.69. The molecule has 2 amide bonds. The summed E-state index contributed by atoms with van der Waals surface area (Å²) >= 11 is 0. The van der Waals surface area contributed by atoms with Gasteiger partial charge in [0, 0.05) is 31.2 Å². The van der Waals surface area contributed by atoms with Crippen molar-refractivity contribution in [2.45, 2.75) is 16.9 Å². The molecule has 0 spiro atoms. The van der Waals surface area contributed by atoms with Crippen molar-refractivity contribution in [2.75, 3.05) is 19.6 Å². The number of amides is 2. The number of nitrogens with two attached hydrogens (primary N) is 2. The third-order valence-electron chi connectivity index (χ3n) is 4.59. The third-order valence-corrected chi connectivity index (χ3v) is 5.97. The van der Waals surface area contributed by atoms with Crippen LogP contribution in [0.3, 0.4) is 0 Å². The number of hydrogen-bond acceptors (Lipinski definition) is 5. The van der Waals surface area contributed by atoms with Gasteiger partial charge in [0.1, 0.15) is 10.6 Å². The standard InChI is InChI=1S/C17H21N5O4S/c18-14-10-22(9-13(14)11-4-2-1-3-5-11)16(23)8-21-27(25,26)12-6-15(17(19)24)20-7-12/h1-7,13-14,20-21H,8-10,18H2,(H2,19,24)/t13-,14+/m0/s1. The van der Waals surface area contributed by atoms with Gasteiger partial charge in [0.05, 0.1) is 6.54 Å². The van der Waals surface area contributed by atoms with Crippen LogP contribution in [-0.4, -0.2) is 55.8 Å². The number of nitrogens with zero attached hydrogens (tertiary/aromatic N) is 1. The number of sulfonamides is 1. The molecule has 1 saturated heterocycles. The number of likely N-dealkylation sites (tertiary alicyclic amines) is 1. The predicted molar refractivity (Wildman–Crippen MR) is 98.2 cm³/mol. The molecule has 0 saturated carbocycles. The Kier molecular flexibility index (Phi) is 5.31. The minimum Gasteiger partial charge on any atom is -0.364 e. The first-order valence-electron chi connectivity index (χ1n) is 8.34. The number of carbonyl (C=O) groups is 2. The van der Waals surface area contributed by atoms with Crippen LogP contribution in [0.2, 0.25) is 0 Å². The van der Waals surface area contributed by atoms with Crippen molar-refractivity contribution in [3.05, 3.63) is 53.9 Å². The first kappa shape index (κ1) is 19.1. The van der Waals surface area contributed by atoms with Crippen LogP contribution in [0, 0.1) is 0 Å². The lowest BCUT2D eigenvalue weighted by molar-refractivity contribution is -0.128. The first-order valence-corrected chi connectivity index (χ1v) is 9.82. The van der Waals surface area contributed by atoms with Crippen LogP contribution in [0.5, 0.6) is 0 Å². The summed E-state index contributed by atoms with van der Waals surface area (Å²) in [5, 5.41) is 0. The number of hydrogen-bond donors (Lipinski definition) is 4. The molecule has 27 heavy (non-hydrogen) atoms. The minimum atomic E-state index is -3.94. The Bertz CT molecular complexity index is 941. The molecular weight excluding hydrogens is 370 g/mol. The average molecular weight is 391 g/mol. The molecule has 6 N–H and O–H groups in total. The van der Waals surface area contributed by atoms with E-state index in [9.17, 15) is 18.0 Å². The summed E-state index contributed by atoms with van der Waals surface area (Å²) in [7, 11) is -3.94. The highest BCUT2D eigenvalue weighted by Gasteiger charge is 2.34. The average Bonchev–Trinajstić information content (AvgIpc) is 3.28. The van der Waals surface area contributed by atoms with Gasteiger partial charge in [-0.05, 0) is 11.6 Å². The zero-order chi connectivity index (χ0) is 19.6. The van der Waals surface area contributed by atoms with Crippen LogP contribution in [0.25, 0.3) is 0 Å². The highest BCUT2D eigenvalue weighted by molar-refractivity contribution is 7.89. The lowest BCUT2D eigenvalue weighted by atomic mass is 9.95. The van der Waals surface area contributed by atoms with Crippen molar-refractivity contribution >= 4 is 21.8 Å². The van der Waals surface area contributed by atoms with E-state index in [0.29, 0.717) is 13.1 Å². The lowest BCUT2D eigenvalue weighted by Crippen LogP contribution is -2.40. The molecule has 9 nitrogen and oxygen atoms in total. The molecule has 10 heteroatoms. The number of benzene rings is 1. The SMILES string of the molecule is NC(=O)c1cc(S(=O)(=O)NCC(=O)N2C[C@@H](N)[C@H](c3ccccc3)C2)c[nH]1. The molecule has 1 aromatic carbocycles. The lowest BCUT2D eigenvalue weighted by Gasteiger charge is -2.16. The molecule has 0 bridgehead atoms. The monoisotopic (exact) mass is 391 g/mol. The molecule has 2 atom stereocenters. The summed E-state index contributed by atoms with van der Waals surface area (Å²) < 4.78 is 26.8. The maximum Gasteiger partial charge on any atom is 0.265 e. The number of aromatic nitrogens is 1. The molecule has 2 aromatic rings. The molecule has 0 unspecified atom stereocenters. The van der Waals surface area contributed by atoms with E-state index in [1.165, 1.54) is 0 Å².